The molecule has 0 radical (unpaired) electrons. The monoisotopic (exact) mass is 369 g/mol. The van der Waals surface area contributed by atoms with Gasteiger partial charge in [0.25, 0.3) is 0 Å². The molecule has 0 aromatic carbocycles. The van der Waals surface area contributed by atoms with E-state index in [0.29, 0.717) is 23.4 Å². The average molecular weight is 369 g/mol. The summed E-state index contributed by atoms with van der Waals surface area (Å²) in [5.41, 5.74) is 14.6. The van der Waals surface area contributed by atoms with Gasteiger partial charge in [-0.3, -0.25) is 9.36 Å². The SMILES string of the molecule is CCn1cc(-c2nc(Nc3cnn(C4CCOCC4)c3)nc(N)c2N)cn1. The van der Waals surface area contributed by atoms with Crippen LogP contribution in [0.4, 0.5) is 23.1 Å². The normalized spacial score (nSPS) is 15.1. The molecule has 1 aliphatic rings. The van der Waals surface area contributed by atoms with E-state index < -0.39 is 0 Å². The minimum Gasteiger partial charge on any atom is -0.394 e. The summed E-state index contributed by atoms with van der Waals surface area (Å²) in [5.74, 6) is 0.594. The van der Waals surface area contributed by atoms with Crippen LogP contribution in [0.15, 0.2) is 24.8 Å². The van der Waals surface area contributed by atoms with Crippen LogP contribution in [-0.4, -0.2) is 42.7 Å². The first kappa shape index (κ1) is 17.3. The minimum atomic E-state index is 0.226. The predicted molar refractivity (Wildman–Crippen MR) is 102 cm³/mol. The fourth-order valence-corrected chi connectivity index (χ4v) is 3.10. The Morgan fingerprint density at radius 3 is 2.70 bits per heavy atom. The van der Waals surface area contributed by atoms with E-state index in [1.54, 1.807) is 17.1 Å². The third-order valence-electron chi connectivity index (χ3n) is 4.63. The van der Waals surface area contributed by atoms with Gasteiger partial charge in [0.2, 0.25) is 5.95 Å². The molecule has 27 heavy (non-hydrogen) atoms. The van der Waals surface area contributed by atoms with Crippen LogP contribution in [0.3, 0.4) is 0 Å². The summed E-state index contributed by atoms with van der Waals surface area (Å²) in [7, 11) is 0. The summed E-state index contributed by atoms with van der Waals surface area (Å²) in [6.45, 7) is 4.30. The van der Waals surface area contributed by atoms with Gasteiger partial charge in [-0.25, -0.2) is 4.98 Å². The number of anilines is 4. The van der Waals surface area contributed by atoms with Crippen LogP contribution < -0.4 is 16.8 Å². The van der Waals surface area contributed by atoms with Crippen LogP contribution in [0.1, 0.15) is 25.8 Å². The fraction of sp³-hybridized carbons (Fsp3) is 0.412. The highest BCUT2D eigenvalue weighted by molar-refractivity contribution is 5.80. The smallest absolute Gasteiger partial charge is 0.229 e. The molecule has 0 unspecified atom stereocenters. The van der Waals surface area contributed by atoms with Crippen LogP contribution in [0.5, 0.6) is 0 Å². The number of nitrogen functional groups attached to an aromatic ring is 2. The Hall–Kier alpha value is -3.14. The number of rotatable bonds is 5. The lowest BCUT2D eigenvalue weighted by molar-refractivity contribution is 0.0662. The van der Waals surface area contributed by atoms with E-state index >= 15 is 0 Å². The Kier molecular flexibility index (Phi) is 4.63. The lowest BCUT2D eigenvalue weighted by Gasteiger charge is -2.22. The molecule has 1 aliphatic heterocycles. The number of nitrogens with one attached hydrogen (secondary N) is 1. The zero-order chi connectivity index (χ0) is 18.8. The highest BCUT2D eigenvalue weighted by Crippen LogP contribution is 2.29. The number of nitrogens with two attached hydrogens (primary N) is 2. The van der Waals surface area contributed by atoms with Crippen molar-refractivity contribution >= 4 is 23.1 Å². The molecule has 10 nitrogen and oxygen atoms in total. The molecular weight excluding hydrogens is 346 g/mol. The van der Waals surface area contributed by atoms with Crippen molar-refractivity contribution in [2.45, 2.75) is 32.4 Å². The highest BCUT2D eigenvalue weighted by atomic mass is 16.5. The molecule has 3 aromatic heterocycles. The van der Waals surface area contributed by atoms with E-state index in [1.165, 1.54) is 0 Å². The van der Waals surface area contributed by atoms with Gasteiger partial charge in [0.15, 0.2) is 5.82 Å². The van der Waals surface area contributed by atoms with Crippen molar-refractivity contribution in [3.8, 4) is 11.3 Å². The zero-order valence-electron chi connectivity index (χ0n) is 15.2. The van der Waals surface area contributed by atoms with E-state index in [2.05, 4.69) is 25.5 Å². The van der Waals surface area contributed by atoms with Crippen LogP contribution in [0, 0.1) is 0 Å². The summed E-state index contributed by atoms with van der Waals surface area (Å²) < 4.78 is 9.16. The number of ether oxygens (including phenoxy) is 1. The molecule has 0 saturated carbocycles. The summed E-state index contributed by atoms with van der Waals surface area (Å²) in [6, 6.07) is 0.349. The number of aromatic nitrogens is 6. The average Bonchev–Trinajstić information content (AvgIpc) is 3.35. The Morgan fingerprint density at radius 1 is 1.15 bits per heavy atom. The summed E-state index contributed by atoms with van der Waals surface area (Å²) in [6.07, 6.45) is 9.20. The van der Waals surface area contributed by atoms with Gasteiger partial charge in [0.05, 0.1) is 24.1 Å². The number of hydrogen-bond acceptors (Lipinski definition) is 8. The maximum absolute atomic E-state index is 6.09. The number of aryl methyl sites for hydroxylation is 1. The molecule has 3 aromatic rings. The van der Waals surface area contributed by atoms with Gasteiger partial charge in [0.1, 0.15) is 11.4 Å². The van der Waals surface area contributed by atoms with E-state index in [1.807, 2.05) is 24.0 Å². The van der Waals surface area contributed by atoms with Crippen molar-refractivity contribution < 1.29 is 4.74 Å². The van der Waals surface area contributed by atoms with Gasteiger partial charge in [-0.2, -0.15) is 15.2 Å². The van der Waals surface area contributed by atoms with Crippen LogP contribution in [0.2, 0.25) is 0 Å². The Labute approximate surface area is 156 Å². The predicted octanol–water partition coefficient (Wildman–Crippen LogP) is 1.82. The first-order valence-electron chi connectivity index (χ1n) is 8.98. The number of hydrogen-bond donors (Lipinski definition) is 3. The van der Waals surface area contributed by atoms with Gasteiger partial charge in [-0.15, -0.1) is 0 Å². The maximum Gasteiger partial charge on any atom is 0.229 e. The standard InChI is InChI=1S/C17H23N9O/c1-2-25-9-11(7-20-25)15-14(18)16(19)24-17(23-15)22-12-8-21-26(10-12)13-3-5-27-6-4-13/h7-10,13H,2-6,18H2,1H3,(H3,19,22,23,24). The molecular formula is C17H23N9O. The van der Waals surface area contributed by atoms with Gasteiger partial charge in [0, 0.05) is 37.7 Å². The van der Waals surface area contributed by atoms with Crippen molar-refractivity contribution in [1.29, 1.82) is 0 Å². The van der Waals surface area contributed by atoms with Gasteiger partial charge in [-0.1, -0.05) is 0 Å². The van der Waals surface area contributed by atoms with Crippen molar-refractivity contribution in [1.82, 2.24) is 29.5 Å². The molecule has 1 saturated heterocycles. The van der Waals surface area contributed by atoms with Gasteiger partial charge >= 0.3 is 0 Å². The van der Waals surface area contributed by atoms with Gasteiger partial charge in [-0.05, 0) is 19.8 Å². The molecule has 0 aliphatic carbocycles. The zero-order valence-corrected chi connectivity index (χ0v) is 15.2. The fourth-order valence-electron chi connectivity index (χ4n) is 3.10. The van der Waals surface area contributed by atoms with E-state index in [4.69, 9.17) is 16.2 Å². The molecule has 142 valence electrons. The minimum absolute atomic E-state index is 0.226. The Bertz CT molecular complexity index is 926. The second-order valence-electron chi connectivity index (χ2n) is 6.46. The second kappa shape index (κ2) is 7.23. The molecule has 0 bridgehead atoms. The van der Waals surface area contributed by atoms with Crippen LogP contribution in [0.25, 0.3) is 11.3 Å². The molecule has 4 heterocycles. The molecule has 4 rings (SSSR count). The quantitative estimate of drug-likeness (QED) is 0.620. The number of nitrogens with zero attached hydrogens (tertiary/aromatic N) is 6. The largest absolute Gasteiger partial charge is 0.394 e. The molecule has 0 spiro atoms. The topological polar surface area (TPSA) is 135 Å². The Balaban J connectivity index is 1.58. The van der Waals surface area contributed by atoms with Crippen molar-refractivity contribution in [3.63, 3.8) is 0 Å². The first-order valence-corrected chi connectivity index (χ1v) is 8.98. The third-order valence-corrected chi connectivity index (χ3v) is 4.63. The highest BCUT2D eigenvalue weighted by Gasteiger charge is 2.17. The summed E-state index contributed by atoms with van der Waals surface area (Å²) in [4.78, 5) is 8.78. The van der Waals surface area contributed by atoms with Crippen molar-refractivity contribution in [2.24, 2.45) is 0 Å². The van der Waals surface area contributed by atoms with E-state index in [0.717, 1.165) is 43.9 Å². The lowest BCUT2D eigenvalue weighted by Crippen LogP contribution is -2.19. The van der Waals surface area contributed by atoms with Gasteiger partial charge < -0.3 is 21.5 Å². The van der Waals surface area contributed by atoms with E-state index in [9.17, 15) is 0 Å². The second-order valence-corrected chi connectivity index (χ2v) is 6.46. The van der Waals surface area contributed by atoms with Crippen LogP contribution in [-0.2, 0) is 11.3 Å². The van der Waals surface area contributed by atoms with Crippen molar-refractivity contribution in [3.05, 3.63) is 24.8 Å². The maximum atomic E-state index is 6.09. The molecule has 0 amide bonds. The van der Waals surface area contributed by atoms with Crippen molar-refractivity contribution in [2.75, 3.05) is 30.0 Å². The first-order chi connectivity index (χ1) is 13.1. The summed E-state index contributed by atoms with van der Waals surface area (Å²) in [5, 5.41) is 11.9. The molecule has 0 atom stereocenters. The third kappa shape index (κ3) is 3.56. The van der Waals surface area contributed by atoms with Crippen LogP contribution >= 0.6 is 0 Å². The molecule has 5 N–H and O–H groups in total. The lowest BCUT2D eigenvalue weighted by atomic mass is 10.1. The van der Waals surface area contributed by atoms with E-state index in [-0.39, 0.29) is 5.82 Å². The molecule has 1 fully saturated rings. The summed E-state index contributed by atoms with van der Waals surface area (Å²) >= 11 is 0. The molecule has 10 heteroatoms. The Morgan fingerprint density at radius 2 is 1.96 bits per heavy atom.